The summed E-state index contributed by atoms with van der Waals surface area (Å²) < 4.78 is 5.10. The van der Waals surface area contributed by atoms with Gasteiger partial charge in [-0.15, -0.1) is 0 Å². The van der Waals surface area contributed by atoms with Crippen LogP contribution in [0.3, 0.4) is 0 Å². The molecular weight excluding hydrogens is 396 g/mol. The summed E-state index contributed by atoms with van der Waals surface area (Å²) in [4.78, 5) is 51.4. The predicted molar refractivity (Wildman–Crippen MR) is 114 cm³/mol. The van der Waals surface area contributed by atoms with Gasteiger partial charge in [-0.1, -0.05) is 31.2 Å². The standard InChI is InChI=1S/C24H24N2O5/c1-15-10-11-19-20(12-15)23(29)26(22(19)28)18-9-5-6-16(13-18)24(30)31-14-21(27)25-17-7-3-2-4-8-17/h2-9,13,15,19-20H,10-12,14H2,1H3,(H,25,27)/t15-,19+,20+/m1/s1. The Kier molecular flexibility index (Phi) is 5.84. The Morgan fingerprint density at radius 1 is 1.00 bits per heavy atom. The second-order valence-corrected chi connectivity index (χ2v) is 8.18. The fourth-order valence-corrected chi connectivity index (χ4v) is 4.35. The first-order valence-corrected chi connectivity index (χ1v) is 10.4. The van der Waals surface area contributed by atoms with Crippen LogP contribution in [0, 0.1) is 17.8 Å². The number of carbonyl (C=O) groups excluding carboxylic acids is 4. The van der Waals surface area contributed by atoms with Crippen LogP contribution in [-0.4, -0.2) is 30.3 Å². The number of anilines is 2. The van der Waals surface area contributed by atoms with E-state index in [1.54, 1.807) is 36.4 Å². The Morgan fingerprint density at radius 3 is 2.52 bits per heavy atom. The molecule has 0 aromatic heterocycles. The summed E-state index contributed by atoms with van der Waals surface area (Å²) in [6, 6.07) is 15.1. The maximum absolute atomic E-state index is 12.9. The molecule has 2 aromatic rings. The first-order valence-electron chi connectivity index (χ1n) is 10.4. The van der Waals surface area contributed by atoms with E-state index in [1.807, 2.05) is 6.07 Å². The molecule has 2 fully saturated rings. The molecule has 0 spiro atoms. The molecule has 2 aliphatic rings. The van der Waals surface area contributed by atoms with Crippen LogP contribution >= 0.6 is 0 Å². The van der Waals surface area contributed by atoms with Crippen LogP contribution in [0.25, 0.3) is 0 Å². The lowest BCUT2D eigenvalue weighted by molar-refractivity contribution is -0.122. The molecule has 4 rings (SSSR count). The smallest absolute Gasteiger partial charge is 0.338 e. The van der Waals surface area contributed by atoms with Crippen LogP contribution in [0.2, 0.25) is 0 Å². The Balaban J connectivity index is 1.42. The van der Waals surface area contributed by atoms with Gasteiger partial charge in [0.2, 0.25) is 11.8 Å². The van der Waals surface area contributed by atoms with E-state index < -0.39 is 18.5 Å². The van der Waals surface area contributed by atoms with Crippen molar-refractivity contribution in [1.82, 2.24) is 0 Å². The molecule has 1 aliphatic heterocycles. The first-order chi connectivity index (χ1) is 14.9. The van der Waals surface area contributed by atoms with Gasteiger partial charge in [0.05, 0.1) is 23.1 Å². The SMILES string of the molecule is C[C@@H]1CC[C@@H]2C(=O)N(c3cccc(C(=O)OCC(=O)Nc4ccccc4)c3)C(=O)[C@H]2C1. The van der Waals surface area contributed by atoms with Gasteiger partial charge in [-0.25, -0.2) is 4.79 Å². The molecule has 1 saturated carbocycles. The van der Waals surface area contributed by atoms with Gasteiger partial charge in [0.15, 0.2) is 6.61 Å². The highest BCUT2D eigenvalue weighted by atomic mass is 16.5. The maximum atomic E-state index is 12.9. The number of rotatable bonds is 5. The Hall–Kier alpha value is -3.48. The summed E-state index contributed by atoms with van der Waals surface area (Å²) in [5, 5.41) is 2.63. The number of nitrogens with zero attached hydrogens (tertiary/aromatic N) is 1. The zero-order valence-corrected chi connectivity index (χ0v) is 17.2. The minimum absolute atomic E-state index is 0.175. The van der Waals surface area contributed by atoms with Crippen molar-refractivity contribution < 1.29 is 23.9 Å². The molecular formula is C24H24N2O5. The van der Waals surface area contributed by atoms with Gasteiger partial charge in [-0.2, -0.15) is 0 Å². The third-order valence-electron chi connectivity index (χ3n) is 5.92. The van der Waals surface area contributed by atoms with Crippen molar-refractivity contribution in [3.63, 3.8) is 0 Å². The van der Waals surface area contributed by atoms with Crippen LogP contribution in [0.4, 0.5) is 11.4 Å². The van der Waals surface area contributed by atoms with Gasteiger partial charge in [0, 0.05) is 5.69 Å². The molecule has 2 aromatic carbocycles. The van der Waals surface area contributed by atoms with E-state index in [-0.39, 0.29) is 29.2 Å². The molecule has 3 amide bonds. The van der Waals surface area contributed by atoms with Crippen LogP contribution in [0.5, 0.6) is 0 Å². The molecule has 31 heavy (non-hydrogen) atoms. The molecule has 1 saturated heterocycles. The first kappa shape index (κ1) is 20.8. The average Bonchev–Trinajstić information content (AvgIpc) is 3.02. The highest BCUT2D eigenvalue weighted by molar-refractivity contribution is 6.22. The topological polar surface area (TPSA) is 92.8 Å². The fraction of sp³-hybridized carbons (Fsp3) is 0.333. The number of esters is 1. The minimum atomic E-state index is -0.699. The lowest BCUT2D eigenvalue weighted by Crippen LogP contribution is -2.31. The monoisotopic (exact) mass is 420 g/mol. The average molecular weight is 420 g/mol. The lowest BCUT2D eigenvalue weighted by Gasteiger charge is -2.25. The lowest BCUT2D eigenvalue weighted by atomic mass is 9.76. The number of hydrogen-bond donors (Lipinski definition) is 1. The van der Waals surface area contributed by atoms with E-state index in [1.165, 1.54) is 17.0 Å². The van der Waals surface area contributed by atoms with Crippen molar-refractivity contribution in [1.29, 1.82) is 0 Å². The van der Waals surface area contributed by atoms with Crippen LogP contribution in [-0.2, 0) is 19.1 Å². The van der Waals surface area contributed by atoms with Crippen LogP contribution in [0.1, 0.15) is 36.5 Å². The Bertz CT molecular complexity index is 1020. The van der Waals surface area contributed by atoms with E-state index in [2.05, 4.69) is 12.2 Å². The van der Waals surface area contributed by atoms with E-state index >= 15 is 0 Å². The van der Waals surface area contributed by atoms with Gasteiger partial charge in [0.25, 0.3) is 5.91 Å². The molecule has 0 bridgehead atoms. The van der Waals surface area contributed by atoms with E-state index in [4.69, 9.17) is 4.74 Å². The molecule has 0 radical (unpaired) electrons. The van der Waals surface area contributed by atoms with Crippen molar-refractivity contribution in [2.45, 2.75) is 26.2 Å². The molecule has 1 heterocycles. The number of carbonyl (C=O) groups is 4. The second kappa shape index (κ2) is 8.71. The number of para-hydroxylation sites is 1. The number of ether oxygens (including phenoxy) is 1. The third kappa shape index (κ3) is 4.35. The number of hydrogen-bond acceptors (Lipinski definition) is 5. The Labute approximate surface area is 180 Å². The summed E-state index contributed by atoms with van der Waals surface area (Å²) in [6.07, 6.45) is 2.36. The summed E-state index contributed by atoms with van der Waals surface area (Å²) in [7, 11) is 0. The van der Waals surface area contributed by atoms with Crippen molar-refractivity contribution in [2.24, 2.45) is 17.8 Å². The van der Waals surface area contributed by atoms with Gasteiger partial charge >= 0.3 is 5.97 Å². The highest BCUT2D eigenvalue weighted by Gasteiger charge is 2.50. The second-order valence-electron chi connectivity index (χ2n) is 8.18. The fourth-order valence-electron chi connectivity index (χ4n) is 4.35. The normalized spacial score (nSPS) is 22.7. The summed E-state index contributed by atoms with van der Waals surface area (Å²) in [5.41, 5.74) is 1.14. The summed E-state index contributed by atoms with van der Waals surface area (Å²) in [5.74, 6) is -1.70. The highest BCUT2D eigenvalue weighted by Crippen LogP contribution is 2.42. The van der Waals surface area contributed by atoms with Gasteiger partial charge < -0.3 is 10.1 Å². The zero-order chi connectivity index (χ0) is 22.0. The largest absolute Gasteiger partial charge is 0.452 e. The number of imide groups is 1. The van der Waals surface area contributed by atoms with E-state index in [0.717, 1.165) is 6.42 Å². The number of benzene rings is 2. The van der Waals surface area contributed by atoms with Crippen molar-refractivity contribution in [2.75, 3.05) is 16.8 Å². The van der Waals surface area contributed by atoms with E-state index in [9.17, 15) is 19.2 Å². The number of nitrogens with one attached hydrogen (secondary N) is 1. The summed E-state index contributed by atoms with van der Waals surface area (Å²) in [6.45, 7) is 1.66. The van der Waals surface area contributed by atoms with Crippen molar-refractivity contribution in [3.8, 4) is 0 Å². The Morgan fingerprint density at radius 2 is 1.74 bits per heavy atom. The van der Waals surface area contributed by atoms with Crippen LogP contribution in [0.15, 0.2) is 54.6 Å². The molecule has 160 valence electrons. The van der Waals surface area contributed by atoms with E-state index in [0.29, 0.717) is 30.1 Å². The van der Waals surface area contributed by atoms with Gasteiger partial charge in [0.1, 0.15) is 0 Å². The molecule has 7 nitrogen and oxygen atoms in total. The molecule has 1 N–H and O–H groups in total. The van der Waals surface area contributed by atoms with Gasteiger partial charge in [-0.3, -0.25) is 19.3 Å². The molecule has 3 atom stereocenters. The molecule has 7 heteroatoms. The van der Waals surface area contributed by atoms with Crippen LogP contribution < -0.4 is 10.2 Å². The minimum Gasteiger partial charge on any atom is -0.452 e. The van der Waals surface area contributed by atoms with Crippen molar-refractivity contribution in [3.05, 3.63) is 60.2 Å². The molecule has 1 aliphatic carbocycles. The number of amides is 3. The maximum Gasteiger partial charge on any atom is 0.338 e. The van der Waals surface area contributed by atoms with Gasteiger partial charge in [-0.05, 0) is 55.5 Å². The number of fused-ring (bicyclic) bond motifs is 1. The molecule has 0 unspecified atom stereocenters. The predicted octanol–water partition coefficient (Wildman–Crippen LogP) is 3.41. The summed E-state index contributed by atoms with van der Waals surface area (Å²) >= 11 is 0. The zero-order valence-electron chi connectivity index (χ0n) is 17.2. The van der Waals surface area contributed by atoms with Crippen molar-refractivity contribution >= 4 is 35.1 Å². The quantitative estimate of drug-likeness (QED) is 0.591. The third-order valence-corrected chi connectivity index (χ3v) is 5.92.